The molecule has 0 spiro atoms. The van der Waals surface area contributed by atoms with Gasteiger partial charge in [0.2, 0.25) is 0 Å². The quantitative estimate of drug-likeness (QED) is 0.105. The van der Waals surface area contributed by atoms with Crippen LogP contribution in [-0.2, 0) is 27.1 Å². The van der Waals surface area contributed by atoms with E-state index in [-0.39, 0.29) is 58.0 Å². The third-order valence-electron chi connectivity index (χ3n) is 8.71. The minimum atomic E-state index is -2.57. The molecule has 1 atom stereocenters. The number of nitrogens with two attached hydrogens (primary N) is 2. The Morgan fingerprint density at radius 2 is 1.29 bits per heavy atom. The molecule has 4 aromatic heterocycles. The molecule has 0 fully saturated rings. The normalized spacial score (nSPS) is 11.6. The number of nitrogens with one attached hydrogen (secondary N) is 2. The van der Waals surface area contributed by atoms with Crippen LogP contribution in [0.2, 0.25) is 0 Å². The fraction of sp³-hybridized carbons (Fsp3) is 0.256. The Morgan fingerprint density at radius 3 is 1.76 bits per heavy atom. The molecule has 0 saturated heterocycles. The molecule has 62 heavy (non-hydrogen) atoms. The Bertz CT molecular complexity index is 2730. The molecule has 0 aliphatic heterocycles. The van der Waals surface area contributed by atoms with Gasteiger partial charge in [-0.2, -0.15) is 20.7 Å². The highest BCUT2D eigenvalue weighted by molar-refractivity contribution is 5.96. The first-order valence-electron chi connectivity index (χ1n) is 20.0. The van der Waals surface area contributed by atoms with Crippen molar-refractivity contribution in [1.82, 2.24) is 40.2 Å². The zero-order valence-electron chi connectivity index (χ0n) is 37.6. The molecule has 2 aromatic carbocycles. The number of hydrogen-bond donors (Lipinski definition) is 5. The van der Waals surface area contributed by atoms with Crippen molar-refractivity contribution in [3.63, 3.8) is 0 Å². The molecule has 0 aliphatic rings. The van der Waals surface area contributed by atoms with Gasteiger partial charge in [0.1, 0.15) is 41.3 Å². The molecule has 0 radical (unpaired) electrons. The molecule has 4 heterocycles. The van der Waals surface area contributed by atoms with Crippen molar-refractivity contribution in [1.29, 1.82) is 10.5 Å². The van der Waals surface area contributed by atoms with Crippen LogP contribution in [0.5, 0.6) is 11.5 Å². The molecule has 0 aliphatic carbocycles. The number of nitriles is 2. The summed E-state index contributed by atoms with van der Waals surface area (Å²) < 4.78 is 57.3. The minimum Gasteiger partial charge on any atom is -0.504 e. The highest BCUT2D eigenvalue weighted by Gasteiger charge is 2.20. The molecule has 6 aromatic rings. The summed E-state index contributed by atoms with van der Waals surface area (Å²) in [6.45, 7) is 6.58. The lowest BCUT2D eigenvalue weighted by atomic mass is 9.96. The van der Waals surface area contributed by atoms with Crippen LogP contribution in [0.25, 0.3) is 0 Å². The molecule has 0 saturated carbocycles. The van der Waals surface area contributed by atoms with E-state index in [9.17, 15) is 18.4 Å². The smallest absolute Gasteiger partial charge is 0.252 e. The fourth-order valence-corrected chi connectivity index (χ4v) is 5.61. The lowest BCUT2D eigenvalue weighted by Crippen LogP contribution is -2.25. The van der Waals surface area contributed by atoms with E-state index < -0.39 is 36.5 Å². The van der Waals surface area contributed by atoms with Crippen LogP contribution in [0.3, 0.4) is 0 Å². The number of aryl methyl sites for hydroxylation is 4. The lowest BCUT2D eigenvalue weighted by Gasteiger charge is -2.19. The van der Waals surface area contributed by atoms with Crippen molar-refractivity contribution in [2.45, 2.75) is 59.7 Å². The van der Waals surface area contributed by atoms with Crippen LogP contribution in [0.1, 0.15) is 103 Å². The summed E-state index contributed by atoms with van der Waals surface area (Å²) in [7, 11) is 1.65. The third kappa shape index (κ3) is 13.0. The summed E-state index contributed by atoms with van der Waals surface area (Å²) >= 11 is 0. The van der Waals surface area contributed by atoms with Gasteiger partial charge in [-0.1, -0.05) is 13.8 Å². The largest absolute Gasteiger partial charge is 0.504 e. The van der Waals surface area contributed by atoms with Crippen molar-refractivity contribution < 1.29 is 37.0 Å². The van der Waals surface area contributed by atoms with Crippen LogP contribution >= 0.6 is 0 Å². The zero-order valence-corrected chi connectivity index (χ0v) is 34.6. The average Bonchev–Trinajstić information content (AvgIpc) is 3.85. The molecule has 324 valence electrons. The van der Waals surface area contributed by atoms with E-state index in [0.29, 0.717) is 38.5 Å². The molecule has 0 bridgehead atoms. The van der Waals surface area contributed by atoms with E-state index in [2.05, 4.69) is 30.8 Å². The number of benzene rings is 2. The topological polar surface area (TPSA) is 249 Å². The first-order chi connectivity index (χ1) is 30.1. The van der Waals surface area contributed by atoms with E-state index in [1.807, 2.05) is 33.8 Å². The van der Waals surface area contributed by atoms with E-state index >= 15 is 0 Å². The second kappa shape index (κ2) is 21.9. The van der Waals surface area contributed by atoms with Gasteiger partial charge >= 0.3 is 0 Å². The second-order valence-electron chi connectivity index (χ2n) is 13.9. The van der Waals surface area contributed by atoms with Crippen LogP contribution < -0.4 is 26.8 Å². The summed E-state index contributed by atoms with van der Waals surface area (Å²) in [5, 5.41) is 40.3. The predicted molar refractivity (Wildman–Crippen MR) is 225 cm³/mol. The monoisotopic (exact) mass is 855 g/mol. The molecule has 7 N–H and O–H groups in total. The lowest BCUT2D eigenvalue weighted by molar-refractivity contribution is 0.0939. The maximum Gasteiger partial charge on any atom is 0.252 e. The number of hydrogen-bond acceptors (Lipinski definition) is 12. The minimum absolute atomic E-state index is 0. The Labute approximate surface area is 360 Å². The van der Waals surface area contributed by atoms with Crippen molar-refractivity contribution in [3.05, 3.63) is 141 Å². The number of halogens is 3. The van der Waals surface area contributed by atoms with E-state index in [1.54, 1.807) is 50.6 Å². The van der Waals surface area contributed by atoms with Gasteiger partial charge in [-0.15, -0.1) is 0 Å². The number of pyridine rings is 2. The van der Waals surface area contributed by atoms with E-state index in [0.717, 1.165) is 11.1 Å². The summed E-state index contributed by atoms with van der Waals surface area (Å²) in [5.41, 5.74) is 15.4. The summed E-state index contributed by atoms with van der Waals surface area (Å²) in [6, 6.07) is 17.8. The van der Waals surface area contributed by atoms with Crippen LogP contribution in [0.4, 0.5) is 25.1 Å². The van der Waals surface area contributed by atoms with Gasteiger partial charge in [-0.05, 0) is 104 Å². The predicted octanol–water partition coefficient (Wildman–Crippen LogP) is 6.10. The number of aromatic hydroxyl groups is 1. The van der Waals surface area contributed by atoms with Crippen molar-refractivity contribution >= 4 is 23.5 Å². The summed E-state index contributed by atoms with van der Waals surface area (Å²) in [6.07, 6.45) is 2.56. The second-order valence-corrected chi connectivity index (χ2v) is 13.9. The first kappa shape index (κ1) is 43.6. The molecule has 19 heteroatoms. The van der Waals surface area contributed by atoms with Crippen molar-refractivity contribution in [2.24, 2.45) is 14.0 Å². The highest BCUT2D eigenvalue weighted by atomic mass is 19.1. The van der Waals surface area contributed by atoms with E-state index in [1.165, 1.54) is 47.1 Å². The standard InChI is InChI=1S/C21H21FN6O2.C16H17FN4O.C6H8N2O.FH/c1-12-6-19(20(24)25-10-12)30-13(2)18-7-14(22)4-5-17(18)21(29)26-11-15-8-16(9-23)28(3)27-15;1-10(2)15-6-11(17)4-5-14(15)16(22)19-9-12-7-13(8-18)21(3)20-12;1-4-2-5(9)6(7)8-3-4;/h4-8,10,13H,11H2,1-3H3,(H2,24,25)(H,26,29);4-7,10H,9H2,1-3H3,(H,19,22);2-3,9H,1H3,(H2,7,8);1H/t13-;;;/m1.../s1/i;3D3;;. The van der Waals surface area contributed by atoms with Gasteiger partial charge in [0.05, 0.1) is 24.5 Å². The maximum atomic E-state index is 13.9. The molecular formula is C43H47F3N12O4. The Balaban J connectivity index is 0.000000289. The number of nitrogens with zero attached hydrogens (tertiary/aromatic N) is 8. The van der Waals surface area contributed by atoms with Gasteiger partial charge in [0.15, 0.2) is 23.1 Å². The number of anilines is 2. The van der Waals surface area contributed by atoms with Crippen molar-refractivity contribution in [3.8, 4) is 23.6 Å². The zero-order chi connectivity index (χ0) is 47.5. The number of aromatic nitrogens is 6. The molecule has 6 rings (SSSR count). The molecule has 0 unspecified atom stereocenters. The van der Waals surface area contributed by atoms with Gasteiger partial charge in [0, 0.05) is 47.2 Å². The Morgan fingerprint density at radius 1 is 0.806 bits per heavy atom. The number of rotatable bonds is 10. The number of nitrogen functional groups attached to an aromatic ring is 2. The van der Waals surface area contributed by atoms with Gasteiger partial charge in [-0.3, -0.25) is 23.7 Å². The number of ether oxygens (including phenoxy) is 1. The van der Waals surface area contributed by atoms with E-state index in [4.69, 9.17) is 35.9 Å². The third-order valence-corrected chi connectivity index (χ3v) is 8.71. The van der Waals surface area contributed by atoms with Gasteiger partial charge in [0.25, 0.3) is 11.8 Å². The SMILES string of the molecule is Cc1cnc(N)c(O)c1.Cc1cnc(N)c(O[C@H](C)c2cc(F)ccc2C(=O)NCc2cc(C#N)n(C)n2)c1.F.[2H]C([2H])([2H])n1nc(CNC(=O)c2ccc(F)cc2C(C)C)cc1C#N. The maximum absolute atomic E-state index is 13.9. The van der Waals surface area contributed by atoms with Gasteiger partial charge in [-0.25, -0.2) is 18.7 Å². The molecular weight excluding hydrogens is 806 g/mol. The number of carbonyl (C=O) groups is 2. The average molecular weight is 856 g/mol. The Hall–Kier alpha value is -7.93. The summed E-state index contributed by atoms with van der Waals surface area (Å²) in [5.74, 6) is -1.00. The molecule has 2 amide bonds. The summed E-state index contributed by atoms with van der Waals surface area (Å²) in [4.78, 5) is 32.9. The van der Waals surface area contributed by atoms with Crippen LogP contribution in [0, 0.1) is 48.1 Å². The first-order valence-corrected chi connectivity index (χ1v) is 18.5. The van der Waals surface area contributed by atoms with Crippen LogP contribution in [-0.4, -0.2) is 46.4 Å². The van der Waals surface area contributed by atoms with Gasteiger partial charge < -0.3 is 31.9 Å². The van der Waals surface area contributed by atoms with Crippen LogP contribution in [0.15, 0.2) is 73.1 Å². The molecule has 16 nitrogen and oxygen atoms in total. The Kier molecular flexibility index (Phi) is 15.4. The fourth-order valence-electron chi connectivity index (χ4n) is 5.61. The van der Waals surface area contributed by atoms with Crippen molar-refractivity contribution in [2.75, 3.05) is 11.5 Å². The number of amides is 2. The highest BCUT2D eigenvalue weighted by Crippen LogP contribution is 2.29. The number of carbonyl (C=O) groups excluding carboxylic acids is 2.